The van der Waals surface area contributed by atoms with Gasteiger partial charge in [-0.25, -0.2) is 0 Å². The van der Waals surface area contributed by atoms with Gasteiger partial charge in [0.05, 0.1) is 0 Å². The van der Waals surface area contributed by atoms with Gasteiger partial charge in [-0.05, 0) is 53.2 Å². The highest BCUT2D eigenvalue weighted by Gasteiger charge is 2.08. The van der Waals surface area contributed by atoms with Gasteiger partial charge in [0, 0.05) is 17.7 Å². The molecule has 0 aromatic heterocycles. The quantitative estimate of drug-likeness (QED) is 0.158. The van der Waals surface area contributed by atoms with E-state index in [9.17, 15) is 9.59 Å². The lowest BCUT2D eigenvalue weighted by Gasteiger charge is -2.13. The van der Waals surface area contributed by atoms with Crippen molar-refractivity contribution in [3.8, 4) is 0 Å². The van der Waals surface area contributed by atoms with Crippen molar-refractivity contribution in [3.05, 3.63) is 144 Å². The second-order valence-electron chi connectivity index (χ2n) is 8.82. The molecule has 2 unspecified atom stereocenters. The predicted octanol–water partition coefficient (Wildman–Crippen LogP) is 9.02. The van der Waals surface area contributed by atoms with Gasteiger partial charge in [-0.3, -0.25) is 9.59 Å². The summed E-state index contributed by atoms with van der Waals surface area (Å²) in [5.74, 6) is 0.790. The lowest BCUT2D eigenvalue weighted by molar-refractivity contribution is 0.0951. The van der Waals surface area contributed by atoms with Crippen LogP contribution in [0.25, 0.3) is 0 Å². The van der Waals surface area contributed by atoms with Gasteiger partial charge in [0.1, 0.15) is 0 Å². The van der Waals surface area contributed by atoms with Gasteiger partial charge in [0.25, 0.3) is 11.1 Å². The summed E-state index contributed by atoms with van der Waals surface area (Å²) < 4.78 is -0.750. The molecule has 4 aromatic rings. The van der Waals surface area contributed by atoms with Crippen molar-refractivity contribution in [3.63, 3.8) is 0 Å². The largest absolute Gasteiger partial charge is 0.351 e. The summed E-state index contributed by atoms with van der Waals surface area (Å²) in [6, 6.07) is 38.6. The molecule has 0 aliphatic rings. The highest BCUT2D eigenvalue weighted by atomic mass is 35.6. The number of nitrogens with two attached hydrogens (primary N) is 1. The van der Waals surface area contributed by atoms with Gasteiger partial charge in [-0.2, -0.15) is 0 Å². The molecule has 0 heterocycles. The molecule has 2 atom stereocenters. The van der Waals surface area contributed by atoms with Gasteiger partial charge in [-0.1, -0.05) is 158 Å². The van der Waals surface area contributed by atoms with Crippen molar-refractivity contribution in [1.29, 1.82) is 0 Å². The number of hydrogen-bond acceptors (Lipinski definition) is 3. The molecule has 0 saturated heterocycles. The van der Waals surface area contributed by atoms with Crippen LogP contribution >= 0.6 is 46.4 Å². The van der Waals surface area contributed by atoms with E-state index in [1.807, 2.05) is 72.8 Å². The molecule has 8 heteroatoms. The van der Waals surface area contributed by atoms with Crippen molar-refractivity contribution >= 4 is 57.6 Å². The SMILES string of the molecule is CC(CN)c1ccccc1.CC(CNC(=O)c1ccccc1)c1ccccc1.ClC(Cl)Cl.O=C(Cl)c1ccccc1. The van der Waals surface area contributed by atoms with Gasteiger partial charge in [0.2, 0.25) is 0 Å². The molecule has 0 saturated carbocycles. The van der Waals surface area contributed by atoms with Gasteiger partial charge >= 0.3 is 0 Å². The van der Waals surface area contributed by atoms with Crippen molar-refractivity contribution in [2.45, 2.75) is 30.0 Å². The summed E-state index contributed by atoms with van der Waals surface area (Å²) in [6.45, 7) is 5.62. The fourth-order valence-corrected chi connectivity index (χ4v) is 3.45. The minimum Gasteiger partial charge on any atom is -0.351 e. The van der Waals surface area contributed by atoms with Crippen LogP contribution in [-0.2, 0) is 0 Å². The third-order valence-corrected chi connectivity index (χ3v) is 5.91. The van der Waals surface area contributed by atoms with Crippen LogP contribution in [-0.4, -0.2) is 28.5 Å². The number of rotatable bonds is 7. The molecule has 0 bridgehead atoms. The lowest BCUT2D eigenvalue weighted by Crippen LogP contribution is -2.27. The van der Waals surface area contributed by atoms with E-state index in [1.165, 1.54) is 11.1 Å². The third kappa shape index (κ3) is 16.9. The number of carbonyl (C=O) groups is 2. The van der Waals surface area contributed by atoms with Gasteiger partial charge in [0.15, 0.2) is 4.30 Å². The van der Waals surface area contributed by atoms with E-state index in [-0.39, 0.29) is 5.91 Å². The molecule has 3 N–H and O–H groups in total. The van der Waals surface area contributed by atoms with Gasteiger partial charge < -0.3 is 11.1 Å². The molecule has 0 radical (unpaired) electrons. The summed E-state index contributed by atoms with van der Waals surface area (Å²) >= 11 is 19.6. The molecule has 0 aliphatic heterocycles. The van der Waals surface area contributed by atoms with E-state index < -0.39 is 9.54 Å². The standard InChI is InChI=1S/C16H17NO.C9H13N.C7H5ClO.CHCl3/c1-13(14-8-4-2-5-9-14)12-17-16(18)15-10-6-3-7-11-15;1-8(7-10)9-5-3-2-4-6-9;8-7(9)6-4-2-1-3-5-6;2-1(3)4/h2-11,13H,12H2,1H3,(H,17,18);2-6,8H,7,10H2,1H3;1-5H;1H. The first-order chi connectivity index (χ1) is 19.6. The summed E-state index contributed by atoms with van der Waals surface area (Å²) in [4.78, 5) is 22.3. The smallest absolute Gasteiger partial charge is 0.252 e. The van der Waals surface area contributed by atoms with E-state index in [2.05, 4.69) is 43.4 Å². The molecule has 218 valence electrons. The Morgan fingerprint density at radius 3 is 1.32 bits per heavy atom. The highest BCUT2D eigenvalue weighted by molar-refractivity contribution is 6.67. The van der Waals surface area contributed by atoms with Crippen LogP contribution in [0.4, 0.5) is 0 Å². The number of hydrogen-bond donors (Lipinski definition) is 2. The van der Waals surface area contributed by atoms with E-state index in [0.29, 0.717) is 29.5 Å². The molecular weight excluding hydrogens is 598 g/mol. The predicted molar refractivity (Wildman–Crippen MR) is 176 cm³/mol. The first kappa shape index (κ1) is 36.2. The summed E-state index contributed by atoms with van der Waals surface area (Å²) in [7, 11) is 0. The fraction of sp³-hybridized carbons (Fsp3) is 0.212. The molecule has 4 rings (SSSR count). The van der Waals surface area contributed by atoms with E-state index >= 15 is 0 Å². The molecule has 0 spiro atoms. The van der Waals surface area contributed by atoms with Crippen LogP contribution < -0.4 is 11.1 Å². The summed E-state index contributed by atoms with van der Waals surface area (Å²) in [5, 5.41) is 2.55. The highest BCUT2D eigenvalue weighted by Crippen LogP contribution is 2.13. The second-order valence-corrected chi connectivity index (χ2v) is 11.1. The first-order valence-corrected chi connectivity index (χ1v) is 14.6. The number of nitrogens with one attached hydrogen (secondary N) is 1. The molecule has 4 aromatic carbocycles. The average molecular weight is 634 g/mol. The van der Waals surface area contributed by atoms with Gasteiger partial charge in [-0.15, -0.1) is 0 Å². The Hall–Kier alpha value is -2.86. The van der Waals surface area contributed by atoms with Crippen LogP contribution in [0.1, 0.15) is 57.5 Å². The van der Waals surface area contributed by atoms with Crippen LogP contribution in [0.2, 0.25) is 0 Å². The molecule has 0 fully saturated rings. The summed E-state index contributed by atoms with van der Waals surface area (Å²) in [6.07, 6.45) is 0. The number of halogens is 4. The van der Waals surface area contributed by atoms with E-state index in [0.717, 1.165) is 6.54 Å². The Balaban J connectivity index is 0.000000310. The minimum atomic E-state index is -0.750. The molecular formula is C33H36Cl4N2O2. The fourth-order valence-electron chi connectivity index (χ4n) is 3.32. The Morgan fingerprint density at radius 2 is 0.976 bits per heavy atom. The average Bonchev–Trinajstić information content (AvgIpc) is 3.01. The Bertz CT molecular complexity index is 1230. The van der Waals surface area contributed by atoms with Crippen LogP contribution in [0.15, 0.2) is 121 Å². The maximum absolute atomic E-state index is 11.9. The zero-order chi connectivity index (χ0) is 30.5. The van der Waals surface area contributed by atoms with Crippen LogP contribution in [0.5, 0.6) is 0 Å². The molecule has 41 heavy (non-hydrogen) atoms. The summed E-state index contributed by atoms with van der Waals surface area (Å²) in [5.41, 5.74) is 9.32. The second kappa shape index (κ2) is 21.8. The lowest BCUT2D eigenvalue weighted by atomic mass is 10.0. The molecule has 0 aliphatic carbocycles. The van der Waals surface area contributed by atoms with Crippen molar-refractivity contribution in [1.82, 2.24) is 5.32 Å². The van der Waals surface area contributed by atoms with Crippen LogP contribution in [0.3, 0.4) is 0 Å². The monoisotopic (exact) mass is 632 g/mol. The van der Waals surface area contributed by atoms with E-state index in [4.69, 9.17) is 52.1 Å². The zero-order valence-electron chi connectivity index (χ0n) is 23.1. The molecule has 1 amide bonds. The van der Waals surface area contributed by atoms with Crippen molar-refractivity contribution < 1.29 is 9.59 Å². The number of alkyl halides is 3. The normalized spacial score (nSPS) is 11.2. The number of amides is 1. The topological polar surface area (TPSA) is 72.2 Å². The van der Waals surface area contributed by atoms with Crippen molar-refractivity contribution in [2.24, 2.45) is 5.73 Å². The van der Waals surface area contributed by atoms with Crippen LogP contribution in [0, 0.1) is 0 Å². The van der Waals surface area contributed by atoms with E-state index in [1.54, 1.807) is 24.3 Å². The Labute approximate surface area is 263 Å². The maximum atomic E-state index is 11.9. The Kier molecular flexibility index (Phi) is 19.3. The molecule has 4 nitrogen and oxygen atoms in total. The first-order valence-electron chi connectivity index (χ1n) is 13.0. The minimum absolute atomic E-state index is 0.0154. The number of carbonyl (C=O) groups excluding carboxylic acids is 2. The number of benzene rings is 4. The van der Waals surface area contributed by atoms with Crippen molar-refractivity contribution in [2.75, 3.05) is 13.1 Å². The maximum Gasteiger partial charge on any atom is 0.252 e. The Morgan fingerprint density at radius 1 is 0.634 bits per heavy atom. The third-order valence-electron chi connectivity index (χ3n) is 5.70. The zero-order valence-corrected chi connectivity index (χ0v) is 26.1.